The van der Waals surface area contributed by atoms with Crippen LogP contribution >= 0.6 is 34.8 Å². The topological polar surface area (TPSA) is 165 Å². The number of halogens is 3. The molecule has 0 amide bonds. The number of nitrogens with zero attached hydrogens (tertiary/aromatic N) is 21. The van der Waals surface area contributed by atoms with Crippen LogP contribution in [0.3, 0.4) is 0 Å². The SMILES string of the molecule is CCc1cccn1-c1nnc2c(c(-c3ccccc3)nn2CCN2CCN(C)CC2)c1Cl.CN1CCN(CCn2nc(-c3ccccc3)c3c(Cl)c(-n4cccc4)nnc32)CC1.Cc1ccc(C)n1-c1nnc2c(c(-c3ccccc3)nn2CCN2CCN(C)CC2)c1Cl. The molecule has 24 heteroatoms. The zero-order valence-corrected chi connectivity index (χ0v) is 56.6. The molecule has 3 fully saturated rings. The number of rotatable bonds is 16. The molecule has 0 aliphatic carbocycles. The van der Waals surface area contributed by atoms with Crippen molar-refractivity contribution >= 4 is 67.9 Å². The van der Waals surface area contributed by atoms with E-state index in [1.165, 1.54) is 0 Å². The van der Waals surface area contributed by atoms with Crippen molar-refractivity contribution in [3.63, 3.8) is 0 Å². The zero-order valence-electron chi connectivity index (χ0n) is 54.3. The number of benzene rings is 3. The van der Waals surface area contributed by atoms with E-state index in [4.69, 9.17) is 50.1 Å². The van der Waals surface area contributed by atoms with Crippen molar-refractivity contribution in [2.75, 3.05) is 119 Å². The minimum atomic E-state index is 0.570. The van der Waals surface area contributed by atoms with Crippen molar-refractivity contribution in [2.24, 2.45) is 0 Å². The summed E-state index contributed by atoms with van der Waals surface area (Å²) in [4.78, 5) is 14.5. The molecule has 15 rings (SSSR count). The van der Waals surface area contributed by atoms with Crippen LogP contribution in [-0.2, 0) is 26.1 Å². The number of likely N-dealkylation sites (N-methyl/N-ethyl adjacent to an activating group) is 3. The summed E-state index contributed by atoms with van der Waals surface area (Å²) < 4.78 is 11.8. The van der Waals surface area contributed by atoms with E-state index < -0.39 is 0 Å². The van der Waals surface area contributed by atoms with Crippen molar-refractivity contribution in [1.82, 2.24) is 103 Å². The Morgan fingerprint density at radius 3 is 1.10 bits per heavy atom. The van der Waals surface area contributed by atoms with Gasteiger partial charge in [-0.2, -0.15) is 15.3 Å². The van der Waals surface area contributed by atoms with Gasteiger partial charge in [-0.25, -0.2) is 14.0 Å². The number of fused-ring (bicyclic) bond motifs is 3. The van der Waals surface area contributed by atoms with Gasteiger partial charge in [0.2, 0.25) is 0 Å². The van der Waals surface area contributed by atoms with Crippen LogP contribution in [0.1, 0.15) is 24.0 Å². The molecule has 0 spiro atoms. The summed E-state index contributed by atoms with van der Waals surface area (Å²) >= 11 is 20.9. The molecule has 0 unspecified atom stereocenters. The number of piperazine rings is 3. The van der Waals surface area contributed by atoms with Crippen LogP contribution in [0.4, 0.5) is 0 Å². The fraction of sp³-hybridized carbons (Fsp3) is 0.357. The summed E-state index contributed by atoms with van der Waals surface area (Å²) in [7, 11) is 6.52. The van der Waals surface area contributed by atoms with Crippen molar-refractivity contribution in [3.05, 3.63) is 178 Å². The number of hydrogen-bond donors (Lipinski definition) is 0. The highest BCUT2D eigenvalue weighted by molar-refractivity contribution is 6.39. The Morgan fingerprint density at radius 1 is 0.362 bits per heavy atom. The van der Waals surface area contributed by atoms with Gasteiger partial charge in [-0.05, 0) is 77.8 Å². The van der Waals surface area contributed by atoms with E-state index in [1.807, 2.05) is 133 Å². The van der Waals surface area contributed by atoms with Gasteiger partial charge in [-0.15, -0.1) is 30.6 Å². The normalized spacial score (nSPS) is 15.7. The second-order valence-corrected chi connectivity index (χ2v) is 25.8. The van der Waals surface area contributed by atoms with E-state index in [0.29, 0.717) is 32.5 Å². The Balaban J connectivity index is 0.000000128. The predicted octanol–water partition coefficient (Wildman–Crippen LogP) is 10.7. The summed E-state index contributed by atoms with van der Waals surface area (Å²) in [6.45, 7) is 24.3. The van der Waals surface area contributed by atoms with Gasteiger partial charge in [-0.3, -0.25) is 14.7 Å². The van der Waals surface area contributed by atoms with Gasteiger partial charge in [0.1, 0.15) is 17.1 Å². The number of aryl methyl sites for hydroxylation is 3. The minimum absolute atomic E-state index is 0.570. The maximum atomic E-state index is 7.02. The highest BCUT2D eigenvalue weighted by Crippen LogP contribution is 2.39. The minimum Gasteiger partial charge on any atom is -0.306 e. The van der Waals surface area contributed by atoms with Crippen LogP contribution in [-0.4, -0.2) is 222 Å². The molecule has 12 aromatic rings. The van der Waals surface area contributed by atoms with E-state index in [9.17, 15) is 0 Å². The Hall–Kier alpha value is -8.22. The predicted molar refractivity (Wildman–Crippen MR) is 376 cm³/mol. The lowest BCUT2D eigenvalue weighted by Crippen LogP contribution is -2.45. The van der Waals surface area contributed by atoms with Crippen LogP contribution in [0.25, 0.3) is 84.3 Å². The van der Waals surface area contributed by atoms with Crippen LogP contribution in [0, 0.1) is 13.8 Å². The quantitative estimate of drug-likeness (QED) is 0.0896. The average Bonchev–Trinajstić information content (AvgIpc) is 1.61. The molecule has 3 aliphatic heterocycles. The Morgan fingerprint density at radius 2 is 0.713 bits per heavy atom. The van der Waals surface area contributed by atoms with Gasteiger partial charge >= 0.3 is 0 Å². The molecule has 486 valence electrons. The molecular weight excluding hydrogens is 1240 g/mol. The third kappa shape index (κ3) is 13.8. The molecule has 3 aliphatic rings. The second kappa shape index (κ2) is 29.2. The third-order valence-electron chi connectivity index (χ3n) is 18.3. The monoisotopic (exact) mass is 1320 g/mol. The largest absolute Gasteiger partial charge is 0.306 e. The van der Waals surface area contributed by atoms with Gasteiger partial charge in [0.15, 0.2) is 34.4 Å². The maximum Gasteiger partial charge on any atom is 0.182 e. The zero-order chi connectivity index (χ0) is 64.8. The highest BCUT2D eigenvalue weighted by Gasteiger charge is 2.27. The molecule has 21 nitrogen and oxygen atoms in total. The molecule has 12 heterocycles. The Labute approximate surface area is 563 Å². The van der Waals surface area contributed by atoms with Crippen LogP contribution < -0.4 is 0 Å². The maximum absolute atomic E-state index is 7.02. The first-order chi connectivity index (χ1) is 45.9. The van der Waals surface area contributed by atoms with E-state index >= 15 is 0 Å². The summed E-state index contributed by atoms with van der Waals surface area (Å²) in [6.07, 6.45) is 6.71. The van der Waals surface area contributed by atoms with E-state index in [0.717, 1.165) is 208 Å². The summed E-state index contributed by atoms with van der Waals surface area (Å²) in [5.41, 5.74) is 11.1. The van der Waals surface area contributed by atoms with Crippen LogP contribution in [0.15, 0.2) is 146 Å². The Kier molecular flexibility index (Phi) is 20.0. The molecule has 94 heavy (non-hydrogen) atoms. The lowest BCUT2D eigenvalue weighted by molar-refractivity contribution is 0.149. The van der Waals surface area contributed by atoms with Crippen molar-refractivity contribution in [2.45, 2.75) is 46.8 Å². The first-order valence-corrected chi connectivity index (χ1v) is 33.6. The standard InChI is InChI=1S/2C24H28ClN7.C22H24ClN7/c1-17-9-10-18(2)32(17)24-21(25)20-22(19-7-5-4-6-8-19)28-31(23(20)26-27-24)16-15-30-13-11-29(3)12-14-30;1-3-19-10-7-11-31(19)24-21(25)20-22(18-8-5-4-6-9-18)28-32(23(20)26-27-24)17-16-30-14-12-29(2)13-15-30;1-27-11-13-28(14-12-27)15-16-30-21-18(20(26-30)17-7-3-2-4-8-17)19(23)22(25-24-21)29-9-5-6-10-29/h4-10H,11-16H2,1-3H3;4-11H,3,12-17H2,1-2H3;2-10H,11-16H2,1H3. The summed E-state index contributed by atoms with van der Waals surface area (Å²) in [6, 6.07) is 42.6. The first-order valence-electron chi connectivity index (χ1n) is 32.5. The van der Waals surface area contributed by atoms with Crippen LogP contribution in [0.5, 0.6) is 0 Å². The molecule has 0 radical (unpaired) electrons. The molecule has 0 atom stereocenters. The van der Waals surface area contributed by atoms with E-state index in [2.05, 4.69) is 143 Å². The number of aromatic nitrogens is 15. The summed E-state index contributed by atoms with van der Waals surface area (Å²) in [5, 5.41) is 46.4. The second-order valence-electron chi connectivity index (χ2n) is 24.6. The summed E-state index contributed by atoms with van der Waals surface area (Å²) in [5.74, 6) is 1.91. The van der Waals surface area contributed by atoms with Gasteiger partial charge in [-0.1, -0.05) is 133 Å². The van der Waals surface area contributed by atoms with Gasteiger partial charge in [0, 0.05) is 151 Å². The molecular formula is C70H80Cl3N21. The smallest absolute Gasteiger partial charge is 0.182 e. The molecule has 3 saturated heterocycles. The van der Waals surface area contributed by atoms with Gasteiger partial charge < -0.3 is 28.4 Å². The average molecular weight is 1320 g/mol. The van der Waals surface area contributed by atoms with Crippen molar-refractivity contribution < 1.29 is 0 Å². The molecule has 9 aromatic heterocycles. The van der Waals surface area contributed by atoms with E-state index in [-0.39, 0.29) is 0 Å². The number of hydrogen-bond acceptors (Lipinski definition) is 15. The lowest BCUT2D eigenvalue weighted by Gasteiger charge is -2.32. The third-order valence-corrected chi connectivity index (χ3v) is 19.4. The van der Waals surface area contributed by atoms with Crippen molar-refractivity contribution in [3.8, 4) is 51.2 Å². The first kappa shape index (κ1) is 64.5. The lowest BCUT2D eigenvalue weighted by atomic mass is 10.1. The fourth-order valence-corrected chi connectivity index (χ4v) is 13.6. The van der Waals surface area contributed by atoms with Gasteiger partial charge in [0.25, 0.3) is 0 Å². The molecule has 0 N–H and O–H groups in total. The molecule has 3 aromatic carbocycles. The molecule has 0 bridgehead atoms. The highest BCUT2D eigenvalue weighted by atomic mass is 35.5. The van der Waals surface area contributed by atoms with Crippen LogP contribution in [0.2, 0.25) is 15.1 Å². The van der Waals surface area contributed by atoms with Gasteiger partial charge in [0.05, 0.1) is 50.9 Å². The van der Waals surface area contributed by atoms with Crippen molar-refractivity contribution in [1.29, 1.82) is 0 Å². The van der Waals surface area contributed by atoms with E-state index in [1.54, 1.807) is 0 Å². The Bertz CT molecular complexity index is 4460. The molecule has 0 saturated carbocycles. The fourth-order valence-electron chi connectivity index (χ4n) is 12.7.